The lowest BCUT2D eigenvalue weighted by Gasteiger charge is -2.47. The maximum atomic E-state index is 14.8. The molecule has 0 saturated carbocycles. The summed E-state index contributed by atoms with van der Waals surface area (Å²) in [7, 11) is -3.87. The van der Waals surface area contributed by atoms with Crippen LogP contribution in [0.2, 0.25) is 10.1 Å². The predicted octanol–water partition coefficient (Wildman–Crippen LogP) is 11.1. The van der Waals surface area contributed by atoms with Crippen LogP contribution in [-0.4, -0.2) is 73.1 Å². The first-order chi connectivity index (χ1) is 33.3. The SMILES string of the molecule is COc1ccc(CO[C@H]2C/C(=C/CO[Si](c3ccccc3)(c3ccccc3)C(C)(C)C)C[C@@H](CC(=O)C(C)(C)[C@@H]3C[C@@H](CCO[Si](c4ccccc4)(c4ccccc4)C(C)(C)C)OC(C)(C)O3)O2)cc1. The van der Waals surface area contributed by atoms with Gasteiger partial charge >= 0.3 is 0 Å². The van der Waals surface area contributed by atoms with Gasteiger partial charge in [0.25, 0.3) is 16.6 Å². The lowest BCUT2D eigenvalue weighted by Crippen LogP contribution is -2.66. The van der Waals surface area contributed by atoms with Crippen molar-refractivity contribution in [3.8, 4) is 5.75 Å². The second kappa shape index (κ2) is 22.5. The van der Waals surface area contributed by atoms with E-state index in [1.807, 2.05) is 52.0 Å². The zero-order valence-corrected chi connectivity index (χ0v) is 45.7. The normalized spacial score (nSPS) is 20.8. The molecule has 0 aromatic heterocycles. The lowest BCUT2D eigenvalue weighted by molar-refractivity contribution is -0.314. The standard InChI is InChI=1S/C60H78O8Si2/c1-57(2,3)69(50-24-16-12-17-25-50,51-26-18-13-19-27-51)64-38-36-46-40-49(66-56(41-46)63-44-45-32-34-47(62-11)35-33-45)42-54(61)59(7,8)55-43-48(67-60(9,10)68-55)37-39-65-70(58(4,5)6,52-28-20-14-21-29-52)53-30-22-15-23-31-53/h12-36,48-49,55-56H,37-44H2,1-11H3/b46-36+/t48-,49+,55+,56-/m1/s1. The number of hydrogen-bond donors (Lipinski definition) is 0. The van der Waals surface area contributed by atoms with Crippen LogP contribution in [0.15, 0.2) is 157 Å². The van der Waals surface area contributed by atoms with Gasteiger partial charge in [0.05, 0.1) is 38.6 Å². The van der Waals surface area contributed by atoms with Crippen LogP contribution in [0.3, 0.4) is 0 Å². The molecule has 5 aromatic rings. The van der Waals surface area contributed by atoms with Gasteiger partial charge < -0.3 is 32.5 Å². The molecular formula is C60H78O8Si2. The molecule has 2 heterocycles. The van der Waals surface area contributed by atoms with Gasteiger partial charge in [-0.3, -0.25) is 4.79 Å². The molecule has 70 heavy (non-hydrogen) atoms. The number of hydrogen-bond acceptors (Lipinski definition) is 8. The Morgan fingerprint density at radius 2 is 1.13 bits per heavy atom. The molecule has 0 spiro atoms. The van der Waals surface area contributed by atoms with E-state index in [1.54, 1.807) is 7.11 Å². The molecule has 8 nitrogen and oxygen atoms in total. The molecule has 0 radical (unpaired) electrons. The van der Waals surface area contributed by atoms with Crippen LogP contribution >= 0.6 is 0 Å². The van der Waals surface area contributed by atoms with Gasteiger partial charge in [0.2, 0.25) is 0 Å². The fraction of sp³-hybridized carbons (Fsp3) is 0.450. The average Bonchev–Trinajstić information content (AvgIpc) is 3.33. The van der Waals surface area contributed by atoms with Crippen molar-refractivity contribution in [1.29, 1.82) is 0 Å². The summed E-state index contributed by atoms with van der Waals surface area (Å²) >= 11 is 0. The average molecular weight is 983 g/mol. The molecule has 2 aliphatic rings. The van der Waals surface area contributed by atoms with E-state index in [1.165, 1.54) is 20.7 Å². The topological polar surface area (TPSA) is 81.7 Å². The van der Waals surface area contributed by atoms with Crippen LogP contribution in [0, 0.1) is 5.41 Å². The predicted molar refractivity (Wildman–Crippen MR) is 287 cm³/mol. The highest BCUT2D eigenvalue weighted by molar-refractivity contribution is 7.00. The first-order valence-electron chi connectivity index (χ1n) is 25.2. The first-order valence-corrected chi connectivity index (χ1v) is 29.1. The van der Waals surface area contributed by atoms with E-state index >= 15 is 0 Å². The van der Waals surface area contributed by atoms with Gasteiger partial charge in [-0.15, -0.1) is 0 Å². The maximum Gasteiger partial charge on any atom is 0.261 e. The molecule has 0 N–H and O–H groups in total. The van der Waals surface area contributed by atoms with Crippen molar-refractivity contribution in [2.75, 3.05) is 20.3 Å². The summed E-state index contributed by atoms with van der Waals surface area (Å²) < 4.78 is 46.5. The van der Waals surface area contributed by atoms with Gasteiger partial charge in [0.1, 0.15) is 11.5 Å². The molecule has 0 amide bonds. The summed E-state index contributed by atoms with van der Waals surface area (Å²) in [5, 5.41) is 4.65. The molecule has 0 bridgehead atoms. The number of benzene rings is 5. The number of ether oxygens (including phenoxy) is 5. The van der Waals surface area contributed by atoms with Crippen molar-refractivity contribution < 1.29 is 37.3 Å². The van der Waals surface area contributed by atoms with Crippen LogP contribution in [0.25, 0.3) is 0 Å². The Morgan fingerprint density at radius 1 is 0.643 bits per heavy atom. The third-order valence-corrected chi connectivity index (χ3v) is 24.5. The number of carbonyl (C=O) groups is 1. The Labute approximate surface area is 421 Å². The van der Waals surface area contributed by atoms with Crippen molar-refractivity contribution in [1.82, 2.24) is 0 Å². The second-order valence-electron chi connectivity index (χ2n) is 22.2. The Hall–Kier alpha value is -4.50. The summed E-state index contributed by atoms with van der Waals surface area (Å²) in [5.74, 6) is -0.0243. The second-order valence-corrected chi connectivity index (χ2v) is 30.8. The third-order valence-electron chi connectivity index (χ3n) is 14.4. The number of methoxy groups -OCH3 is 1. The van der Waals surface area contributed by atoms with Gasteiger partial charge in [-0.05, 0) is 75.2 Å². The molecular weight excluding hydrogens is 905 g/mol. The van der Waals surface area contributed by atoms with Crippen LogP contribution in [0.4, 0.5) is 0 Å². The molecule has 7 rings (SSSR count). The number of carbonyl (C=O) groups excluding carboxylic acids is 1. The molecule has 2 fully saturated rings. The largest absolute Gasteiger partial charge is 0.497 e. The van der Waals surface area contributed by atoms with Crippen LogP contribution in [-0.2, 0) is 39.2 Å². The quantitative estimate of drug-likeness (QED) is 0.0598. The summed E-state index contributed by atoms with van der Waals surface area (Å²) in [6.45, 7) is 23.0. The smallest absolute Gasteiger partial charge is 0.261 e. The highest BCUT2D eigenvalue weighted by Crippen LogP contribution is 2.42. The molecule has 2 aliphatic heterocycles. The van der Waals surface area contributed by atoms with E-state index < -0.39 is 40.2 Å². The Morgan fingerprint density at radius 3 is 1.60 bits per heavy atom. The van der Waals surface area contributed by atoms with Crippen LogP contribution < -0.4 is 25.5 Å². The molecule has 4 atom stereocenters. The van der Waals surface area contributed by atoms with E-state index in [4.69, 9.17) is 32.5 Å². The van der Waals surface area contributed by atoms with Gasteiger partial charge in [-0.1, -0.05) is 200 Å². The van der Waals surface area contributed by atoms with Gasteiger partial charge in [0.15, 0.2) is 12.1 Å². The zero-order valence-electron chi connectivity index (χ0n) is 43.7. The van der Waals surface area contributed by atoms with E-state index in [9.17, 15) is 4.79 Å². The highest BCUT2D eigenvalue weighted by atomic mass is 28.4. The van der Waals surface area contributed by atoms with E-state index in [2.05, 4.69) is 169 Å². The molecule has 2 saturated heterocycles. The summed E-state index contributed by atoms with van der Waals surface area (Å²) in [4.78, 5) is 14.8. The van der Waals surface area contributed by atoms with E-state index in [-0.39, 0.29) is 34.5 Å². The minimum atomic E-state index is -2.78. The summed E-state index contributed by atoms with van der Waals surface area (Å²) in [5.41, 5.74) is 1.33. The van der Waals surface area contributed by atoms with Gasteiger partial charge in [-0.25, -0.2) is 0 Å². The number of Topliss-reactive ketones (excluding diaryl/α,β-unsaturated/α-hetero) is 1. The molecule has 0 unspecified atom stereocenters. The third kappa shape index (κ3) is 12.2. The van der Waals surface area contributed by atoms with Crippen molar-refractivity contribution >= 4 is 43.2 Å². The van der Waals surface area contributed by atoms with Gasteiger partial charge in [-0.2, -0.15) is 0 Å². The zero-order chi connectivity index (χ0) is 50.2. The van der Waals surface area contributed by atoms with Crippen LogP contribution in [0.1, 0.15) is 107 Å². The Balaban J connectivity index is 1.09. The van der Waals surface area contributed by atoms with E-state index in [0.29, 0.717) is 45.5 Å². The van der Waals surface area contributed by atoms with Crippen LogP contribution in [0.5, 0.6) is 5.75 Å². The number of rotatable bonds is 19. The fourth-order valence-electron chi connectivity index (χ4n) is 10.7. The van der Waals surface area contributed by atoms with Crippen molar-refractivity contribution in [2.45, 2.75) is 148 Å². The Kier molecular flexibility index (Phi) is 17.1. The highest BCUT2D eigenvalue weighted by Gasteiger charge is 2.52. The monoisotopic (exact) mass is 983 g/mol. The molecule has 0 aliphatic carbocycles. The Bertz CT molecular complexity index is 2370. The fourth-order valence-corrected chi connectivity index (χ4v) is 19.8. The molecule has 10 heteroatoms. The van der Waals surface area contributed by atoms with Crippen molar-refractivity contribution in [3.63, 3.8) is 0 Å². The molecule has 5 aromatic carbocycles. The summed E-state index contributed by atoms with van der Waals surface area (Å²) in [6.07, 6.45) is 3.33. The maximum absolute atomic E-state index is 14.8. The summed E-state index contributed by atoms with van der Waals surface area (Å²) in [6, 6.07) is 50.8. The minimum absolute atomic E-state index is 0.0845. The first kappa shape index (κ1) is 53.3. The van der Waals surface area contributed by atoms with Gasteiger partial charge in [0, 0.05) is 31.3 Å². The minimum Gasteiger partial charge on any atom is -0.497 e. The lowest BCUT2D eigenvalue weighted by atomic mass is 9.76. The molecule has 374 valence electrons. The van der Waals surface area contributed by atoms with E-state index in [0.717, 1.165) is 16.9 Å². The van der Waals surface area contributed by atoms with Crippen molar-refractivity contribution in [3.05, 3.63) is 163 Å². The number of ketones is 1. The van der Waals surface area contributed by atoms with Crippen molar-refractivity contribution in [2.24, 2.45) is 5.41 Å².